The van der Waals surface area contributed by atoms with Gasteiger partial charge in [0, 0.05) is 28.8 Å². The van der Waals surface area contributed by atoms with E-state index >= 15 is 0 Å². The lowest BCUT2D eigenvalue weighted by atomic mass is 9.96. The first kappa shape index (κ1) is 18.5. The van der Waals surface area contributed by atoms with Crippen LogP contribution >= 0.6 is 0 Å². The van der Waals surface area contributed by atoms with Crippen LogP contribution in [-0.2, 0) is 0 Å². The summed E-state index contributed by atoms with van der Waals surface area (Å²) < 4.78 is 12.7. The second-order valence-corrected chi connectivity index (χ2v) is 7.71. The fourth-order valence-electron chi connectivity index (χ4n) is 4.32. The highest BCUT2D eigenvalue weighted by atomic mass is 16.7. The molecule has 152 valence electrons. The summed E-state index contributed by atoms with van der Waals surface area (Å²) in [6.45, 7) is 4.35. The van der Waals surface area contributed by atoms with Crippen LogP contribution in [0.15, 0.2) is 60.7 Å². The molecule has 1 aliphatic carbocycles. The standard InChI is InChI=1S/C24H23N3O3/c1-15-23(16(2)27(26-15)20-6-4-3-5-7-20)17-8-10-19(12-17)25-24(28)18-9-11-21-22(13-18)30-14-29-21/h3-11,13,17,19H,12,14H2,1-2H3,(H,25,28)/t17-,19+/m0/s1. The molecule has 0 spiro atoms. The van der Waals surface area contributed by atoms with Crippen LogP contribution in [0.5, 0.6) is 11.5 Å². The normalized spacial score (nSPS) is 19.3. The molecule has 6 heteroatoms. The number of nitrogens with zero attached hydrogens (tertiary/aromatic N) is 2. The Balaban J connectivity index is 1.30. The van der Waals surface area contributed by atoms with Crippen molar-refractivity contribution >= 4 is 5.91 Å². The smallest absolute Gasteiger partial charge is 0.251 e. The zero-order valence-corrected chi connectivity index (χ0v) is 17.0. The van der Waals surface area contributed by atoms with Crippen LogP contribution in [0.25, 0.3) is 5.69 Å². The summed E-state index contributed by atoms with van der Waals surface area (Å²) in [5.74, 6) is 1.40. The third-order valence-electron chi connectivity index (χ3n) is 5.75. The Hall–Kier alpha value is -3.54. The summed E-state index contributed by atoms with van der Waals surface area (Å²) in [6.07, 6.45) is 5.07. The highest BCUT2D eigenvalue weighted by Gasteiger charge is 2.27. The number of hydrogen-bond donors (Lipinski definition) is 1. The SMILES string of the molecule is Cc1nn(-c2ccccc2)c(C)c1[C@H]1C=C[C@@H](NC(=O)c2ccc3c(c2)OCO3)C1. The molecular formula is C24H23N3O3. The molecule has 1 aliphatic heterocycles. The van der Waals surface area contributed by atoms with Gasteiger partial charge in [0.1, 0.15) is 0 Å². The minimum atomic E-state index is -0.114. The maximum absolute atomic E-state index is 12.7. The lowest BCUT2D eigenvalue weighted by Crippen LogP contribution is -2.32. The van der Waals surface area contributed by atoms with Gasteiger partial charge in [0.15, 0.2) is 11.5 Å². The van der Waals surface area contributed by atoms with Crippen LogP contribution in [0, 0.1) is 13.8 Å². The number of benzene rings is 2. The van der Waals surface area contributed by atoms with E-state index in [1.807, 2.05) is 29.8 Å². The molecule has 3 aromatic rings. The van der Waals surface area contributed by atoms with Gasteiger partial charge in [-0.15, -0.1) is 0 Å². The van der Waals surface area contributed by atoms with E-state index in [0.29, 0.717) is 17.1 Å². The Bertz CT molecular complexity index is 1130. The lowest BCUT2D eigenvalue weighted by molar-refractivity contribution is 0.0943. The van der Waals surface area contributed by atoms with Crippen LogP contribution in [0.1, 0.15) is 39.6 Å². The number of fused-ring (bicyclic) bond motifs is 1. The van der Waals surface area contributed by atoms with Crippen molar-refractivity contribution in [3.63, 3.8) is 0 Å². The average Bonchev–Trinajstić information content (AvgIpc) is 3.47. The molecule has 0 saturated carbocycles. The molecule has 2 atom stereocenters. The van der Waals surface area contributed by atoms with Gasteiger partial charge in [-0.1, -0.05) is 30.4 Å². The number of ether oxygens (including phenoxy) is 2. The number of aryl methyl sites for hydroxylation is 1. The van der Waals surface area contributed by atoms with Gasteiger partial charge in [-0.3, -0.25) is 4.79 Å². The summed E-state index contributed by atoms with van der Waals surface area (Å²) in [5.41, 5.74) is 5.01. The van der Waals surface area contributed by atoms with Gasteiger partial charge in [0.05, 0.1) is 11.4 Å². The number of allylic oxidation sites excluding steroid dienone is 1. The predicted molar refractivity (Wildman–Crippen MR) is 113 cm³/mol. The number of hydrogen-bond acceptors (Lipinski definition) is 4. The Kier molecular flexibility index (Phi) is 4.54. The van der Waals surface area contributed by atoms with Gasteiger partial charge in [-0.2, -0.15) is 5.10 Å². The van der Waals surface area contributed by atoms with E-state index in [4.69, 9.17) is 14.6 Å². The molecule has 30 heavy (non-hydrogen) atoms. The maximum atomic E-state index is 12.7. The zero-order valence-electron chi connectivity index (χ0n) is 17.0. The first-order valence-corrected chi connectivity index (χ1v) is 10.1. The number of amides is 1. The molecule has 5 rings (SSSR count). The Morgan fingerprint density at radius 2 is 1.87 bits per heavy atom. The molecule has 0 saturated heterocycles. The number of para-hydroxylation sites is 1. The van der Waals surface area contributed by atoms with Gasteiger partial charge in [0.2, 0.25) is 6.79 Å². The third-order valence-corrected chi connectivity index (χ3v) is 5.75. The van der Waals surface area contributed by atoms with E-state index in [2.05, 4.69) is 36.5 Å². The lowest BCUT2D eigenvalue weighted by Gasteiger charge is -2.15. The first-order chi connectivity index (χ1) is 14.6. The molecule has 2 aliphatic rings. The molecule has 0 fully saturated rings. The molecule has 2 aromatic carbocycles. The van der Waals surface area contributed by atoms with E-state index in [9.17, 15) is 4.79 Å². The van der Waals surface area contributed by atoms with Crippen molar-refractivity contribution < 1.29 is 14.3 Å². The maximum Gasteiger partial charge on any atom is 0.251 e. The first-order valence-electron chi connectivity index (χ1n) is 10.1. The number of rotatable bonds is 4. The van der Waals surface area contributed by atoms with Crippen LogP contribution in [-0.4, -0.2) is 28.5 Å². The molecule has 1 N–H and O–H groups in total. The quantitative estimate of drug-likeness (QED) is 0.670. The second kappa shape index (κ2) is 7.37. The van der Waals surface area contributed by atoms with Crippen LogP contribution in [0.2, 0.25) is 0 Å². The van der Waals surface area contributed by atoms with Crippen molar-refractivity contribution in [2.24, 2.45) is 0 Å². The molecule has 2 heterocycles. The van der Waals surface area contributed by atoms with Gasteiger partial charge in [-0.25, -0.2) is 4.68 Å². The molecule has 0 bridgehead atoms. The van der Waals surface area contributed by atoms with Crippen LogP contribution < -0.4 is 14.8 Å². The monoisotopic (exact) mass is 401 g/mol. The third kappa shape index (κ3) is 3.24. The van der Waals surface area contributed by atoms with Gasteiger partial charge >= 0.3 is 0 Å². The van der Waals surface area contributed by atoms with Crippen molar-refractivity contribution in [2.45, 2.75) is 32.2 Å². The van der Waals surface area contributed by atoms with Gasteiger partial charge in [0.25, 0.3) is 5.91 Å². The number of nitrogens with one attached hydrogen (secondary N) is 1. The number of carbonyl (C=O) groups excluding carboxylic acids is 1. The average molecular weight is 401 g/mol. The summed E-state index contributed by atoms with van der Waals surface area (Å²) >= 11 is 0. The van der Waals surface area contributed by atoms with Crippen molar-refractivity contribution in [3.8, 4) is 17.2 Å². The minimum Gasteiger partial charge on any atom is -0.454 e. The van der Waals surface area contributed by atoms with Crippen molar-refractivity contribution in [1.29, 1.82) is 0 Å². The van der Waals surface area contributed by atoms with E-state index < -0.39 is 0 Å². The molecule has 1 amide bonds. The van der Waals surface area contributed by atoms with E-state index in [-0.39, 0.29) is 24.7 Å². The highest BCUT2D eigenvalue weighted by molar-refractivity contribution is 5.95. The molecule has 0 radical (unpaired) electrons. The topological polar surface area (TPSA) is 65.4 Å². The van der Waals surface area contributed by atoms with Gasteiger partial charge < -0.3 is 14.8 Å². The Labute approximate surface area is 175 Å². The van der Waals surface area contributed by atoms with E-state index in [0.717, 1.165) is 23.5 Å². The van der Waals surface area contributed by atoms with Gasteiger partial charge in [-0.05, 0) is 50.6 Å². The highest BCUT2D eigenvalue weighted by Crippen LogP contribution is 2.35. The summed E-state index contributed by atoms with van der Waals surface area (Å²) in [6, 6.07) is 15.4. The van der Waals surface area contributed by atoms with Crippen molar-refractivity contribution in [3.05, 3.63) is 83.2 Å². The molecule has 1 aromatic heterocycles. The van der Waals surface area contributed by atoms with E-state index in [1.54, 1.807) is 18.2 Å². The van der Waals surface area contributed by atoms with Crippen molar-refractivity contribution in [1.82, 2.24) is 15.1 Å². The van der Waals surface area contributed by atoms with E-state index in [1.165, 1.54) is 5.56 Å². The fraction of sp³-hybridized carbons (Fsp3) is 0.250. The van der Waals surface area contributed by atoms with Crippen LogP contribution in [0.3, 0.4) is 0 Å². The molecule has 6 nitrogen and oxygen atoms in total. The Morgan fingerprint density at radius 1 is 1.07 bits per heavy atom. The molecule has 0 unspecified atom stereocenters. The molecular weight excluding hydrogens is 378 g/mol. The Morgan fingerprint density at radius 3 is 2.70 bits per heavy atom. The largest absolute Gasteiger partial charge is 0.454 e. The fourth-order valence-corrected chi connectivity index (χ4v) is 4.32. The summed E-state index contributed by atoms with van der Waals surface area (Å²) in [4.78, 5) is 12.7. The predicted octanol–water partition coefficient (Wildman–Crippen LogP) is 4.06. The zero-order chi connectivity index (χ0) is 20.7. The second-order valence-electron chi connectivity index (χ2n) is 7.71. The summed E-state index contributed by atoms with van der Waals surface area (Å²) in [5, 5.41) is 7.88. The summed E-state index contributed by atoms with van der Waals surface area (Å²) in [7, 11) is 0. The van der Waals surface area contributed by atoms with Crippen LogP contribution in [0.4, 0.5) is 0 Å². The minimum absolute atomic E-state index is 0.0215. The van der Waals surface area contributed by atoms with Crippen molar-refractivity contribution in [2.75, 3.05) is 6.79 Å². The number of aromatic nitrogens is 2. The number of carbonyl (C=O) groups is 1.